The van der Waals surface area contributed by atoms with Gasteiger partial charge in [-0.05, 0) is 6.92 Å². The highest BCUT2D eigenvalue weighted by Crippen LogP contribution is 2.20. The lowest BCUT2D eigenvalue weighted by atomic mass is 10.1. The summed E-state index contributed by atoms with van der Waals surface area (Å²) in [6.45, 7) is 1.99. The van der Waals surface area contributed by atoms with Crippen molar-refractivity contribution in [3.63, 3.8) is 0 Å². The van der Waals surface area contributed by atoms with Gasteiger partial charge in [0.1, 0.15) is 5.15 Å². The Bertz CT molecular complexity index is 582. The van der Waals surface area contributed by atoms with E-state index in [-0.39, 0.29) is 11.6 Å². The summed E-state index contributed by atoms with van der Waals surface area (Å²) < 4.78 is 0. The van der Waals surface area contributed by atoms with Crippen LogP contribution in [-0.2, 0) is 11.2 Å². The predicted octanol–water partition coefficient (Wildman–Crippen LogP) is 2.73. The number of hydrogen-bond donors (Lipinski definition) is 1. The molecule has 0 amide bonds. The molecule has 0 aliphatic carbocycles. The molecule has 4 nitrogen and oxygen atoms in total. The highest BCUT2D eigenvalue weighted by Gasteiger charge is 2.09. The van der Waals surface area contributed by atoms with Crippen molar-refractivity contribution >= 4 is 17.6 Å². The number of halogens is 1. The van der Waals surface area contributed by atoms with Gasteiger partial charge in [0.25, 0.3) is 0 Å². The largest absolute Gasteiger partial charge is 0.481 e. The molecule has 0 saturated heterocycles. The van der Waals surface area contributed by atoms with Gasteiger partial charge in [-0.1, -0.05) is 41.4 Å². The Kier molecular flexibility index (Phi) is 3.58. The predicted molar refractivity (Wildman–Crippen MR) is 68.6 cm³/mol. The molecular formula is C13H11ClN2O2. The number of benzene rings is 1. The summed E-state index contributed by atoms with van der Waals surface area (Å²) in [5.41, 5.74) is 2.41. The SMILES string of the molecule is Cc1ccc(-c2ncc(CC(=O)O)c(Cl)n2)cc1. The van der Waals surface area contributed by atoms with Crippen LogP contribution < -0.4 is 0 Å². The minimum Gasteiger partial charge on any atom is -0.481 e. The van der Waals surface area contributed by atoms with E-state index in [2.05, 4.69) is 9.97 Å². The molecule has 18 heavy (non-hydrogen) atoms. The van der Waals surface area contributed by atoms with Crippen LogP contribution in [0.5, 0.6) is 0 Å². The Hall–Kier alpha value is -1.94. The Labute approximate surface area is 109 Å². The summed E-state index contributed by atoms with van der Waals surface area (Å²) in [4.78, 5) is 18.8. The summed E-state index contributed by atoms with van der Waals surface area (Å²) in [7, 11) is 0. The molecule has 1 aromatic carbocycles. The first-order valence-electron chi connectivity index (χ1n) is 5.36. The van der Waals surface area contributed by atoms with E-state index in [4.69, 9.17) is 16.7 Å². The van der Waals surface area contributed by atoms with Crippen molar-refractivity contribution in [3.8, 4) is 11.4 Å². The number of aliphatic carboxylic acids is 1. The van der Waals surface area contributed by atoms with Crippen molar-refractivity contribution in [3.05, 3.63) is 46.7 Å². The first-order valence-corrected chi connectivity index (χ1v) is 5.74. The van der Waals surface area contributed by atoms with Crippen LogP contribution in [0.4, 0.5) is 0 Å². The molecule has 0 spiro atoms. The van der Waals surface area contributed by atoms with E-state index >= 15 is 0 Å². The van der Waals surface area contributed by atoms with Gasteiger partial charge in [0.05, 0.1) is 6.42 Å². The molecule has 5 heteroatoms. The summed E-state index contributed by atoms with van der Waals surface area (Å²) >= 11 is 5.94. The molecule has 0 aliphatic rings. The van der Waals surface area contributed by atoms with Crippen LogP contribution in [0.3, 0.4) is 0 Å². The number of rotatable bonds is 3. The van der Waals surface area contributed by atoms with Crippen LogP contribution >= 0.6 is 11.6 Å². The molecule has 0 unspecified atom stereocenters. The standard InChI is InChI=1S/C13H11ClN2O2/c1-8-2-4-9(5-3-8)13-15-7-10(6-11(17)18)12(14)16-13/h2-5,7H,6H2,1H3,(H,17,18). The van der Waals surface area contributed by atoms with Crippen molar-refractivity contribution in [2.75, 3.05) is 0 Å². The number of hydrogen-bond acceptors (Lipinski definition) is 3. The van der Waals surface area contributed by atoms with Crippen LogP contribution in [-0.4, -0.2) is 21.0 Å². The van der Waals surface area contributed by atoms with Gasteiger partial charge in [-0.25, -0.2) is 9.97 Å². The fourth-order valence-corrected chi connectivity index (χ4v) is 1.70. The number of carboxylic acids is 1. The highest BCUT2D eigenvalue weighted by molar-refractivity contribution is 6.30. The molecule has 92 valence electrons. The molecule has 1 aromatic heterocycles. The van der Waals surface area contributed by atoms with Gasteiger partial charge >= 0.3 is 5.97 Å². The number of nitrogens with zero attached hydrogens (tertiary/aromatic N) is 2. The lowest BCUT2D eigenvalue weighted by molar-refractivity contribution is -0.136. The topological polar surface area (TPSA) is 63.1 Å². The minimum absolute atomic E-state index is 0.174. The summed E-state index contributed by atoms with van der Waals surface area (Å²) in [5.74, 6) is -0.460. The van der Waals surface area contributed by atoms with Crippen LogP contribution in [0.25, 0.3) is 11.4 Å². The van der Waals surface area contributed by atoms with Gasteiger partial charge in [-0.2, -0.15) is 0 Å². The molecule has 1 N–H and O–H groups in total. The van der Waals surface area contributed by atoms with Gasteiger partial charge in [-0.3, -0.25) is 4.79 Å². The Morgan fingerprint density at radius 2 is 2.00 bits per heavy atom. The maximum Gasteiger partial charge on any atom is 0.307 e. The second-order valence-electron chi connectivity index (χ2n) is 3.95. The van der Waals surface area contributed by atoms with Crippen LogP contribution in [0.1, 0.15) is 11.1 Å². The fraction of sp³-hybridized carbons (Fsp3) is 0.154. The Morgan fingerprint density at radius 3 is 2.56 bits per heavy atom. The lowest BCUT2D eigenvalue weighted by Crippen LogP contribution is -2.03. The summed E-state index contributed by atoms with van der Waals surface area (Å²) in [5, 5.41) is 8.88. The Morgan fingerprint density at radius 1 is 1.33 bits per heavy atom. The van der Waals surface area contributed by atoms with Gasteiger partial charge in [0.15, 0.2) is 5.82 Å². The average Bonchev–Trinajstić information content (AvgIpc) is 2.32. The fourth-order valence-electron chi connectivity index (χ4n) is 1.51. The number of aromatic nitrogens is 2. The third-order valence-corrected chi connectivity index (χ3v) is 2.79. The van der Waals surface area contributed by atoms with Crippen LogP contribution in [0.2, 0.25) is 5.15 Å². The first-order chi connectivity index (χ1) is 8.56. The van der Waals surface area contributed by atoms with E-state index < -0.39 is 5.97 Å². The molecule has 0 saturated carbocycles. The van der Waals surface area contributed by atoms with Crippen molar-refractivity contribution in [1.82, 2.24) is 9.97 Å². The maximum atomic E-state index is 10.6. The molecule has 0 bridgehead atoms. The molecule has 0 aliphatic heterocycles. The van der Waals surface area contributed by atoms with E-state index in [0.29, 0.717) is 11.4 Å². The quantitative estimate of drug-likeness (QED) is 0.864. The van der Waals surface area contributed by atoms with Crippen molar-refractivity contribution in [1.29, 1.82) is 0 Å². The van der Waals surface area contributed by atoms with E-state index in [9.17, 15) is 4.79 Å². The van der Waals surface area contributed by atoms with E-state index in [1.165, 1.54) is 6.20 Å². The third-order valence-electron chi connectivity index (χ3n) is 2.46. The zero-order valence-corrected chi connectivity index (χ0v) is 10.5. The molecule has 0 fully saturated rings. The van der Waals surface area contributed by atoms with Gasteiger partial charge in [-0.15, -0.1) is 0 Å². The number of carboxylic acid groups (broad SMARTS) is 1. The minimum atomic E-state index is -0.955. The monoisotopic (exact) mass is 262 g/mol. The highest BCUT2D eigenvalue weighted by atomic mass is 35.5. The number of aryl methyl sites for hydroxylation is 1. The van der Waals surface area contributed by atoms with Gasteiger partial charge in [0, 0.05) is 17.3 Å². The van der Waals surface area contributed by atoms with E-state index in [1.54, 1.807) is 0 Å². The summed E-state index contributed by atoms with van der Waals surface area (Å²) in [6, 6.07) is 7.71. The molecule has 0 radical (unpaired) electrons. The van der Waals surface area contributed by atoms with Crippen LogP contribution in [0, 0.1) is 6.92 Å². The van der Waals surface area contributed by atoms with Crippen molar-refractivity contribution < 1.29 is 9.90 Å². The van der Waals surface area contributed by atoms with Gasteiger partial charge < -0.3 is 5.11 Å². The second kappa shape index (κ2) is 5.14. The van der Waals surface area contributed by atoms with Crippen molar-refractivity contribution in [2.45, 2.75) is 13.3 Å². The third kappa shape index (κ3) is 2.84. The average molecular weight is 263 g/mol. The molecule has 0 atom stereocenters. The Balaban J connectivity index is 2.33. The lowest BCUT2D eigenvalue weighted by Gasteiger charge is -2.04. The number of carbonyl (C=O) groups is 1. The zero-order chi connectivity index (χ0) is 13.1. The summed E-state index contributed by atoms with van der Waals surface area (Å²) in [6.07, 6.45) is 1.28. The molecule has 1 heterocycles. The zero-order valence-electron chi connectivity index (χ0n) is 9.72. The van der Waals surface area contributed by atoms with Gasteiger partial charge in [0.2, 0.25) is 0 Å². The van der Waals surface area contributed by atoms with Crippen molar-refractivity contribution in [2.24, 2.45) is 0 Å². The molecule has 2 aromatic rings. The first kappa shape index (κ1) is 12.5. The molecule has 2 rings (SSSR count). The van der Waals surface area contributed by atoms with Crippen LogP contribution in [0.15, 0.2) is 30.5 Å². The maximum absolute atomic E-state index is 10.6. The van der Waals surface area contributed by atoms with E-state index in [1.807, 2.05) is 31.2 Å². The normalized spacial score (nSPS) is 10.3. The van der Waals surface area contributed by atoms with E-state index in [0.717, 1.165) is 11.1 Å². The second-order valence-corrected chi connectivity index (χ2v) is 4.30. The smallest absolute Gasteiger partial charge is 0.307 e. The molecular weight excluding hydrogens is 252 g/mol.